The van der Waals surface area contributed by atoms with Crippen LogP contribution in [0.25, 0.3) is 59.9 Å². The van der Waals surface area contributed by atoms with Gasteiger partial charge in [-0.2, -0.15) is 0 Å². The second-order valence-electron chi connectivity index (χ2n) is 9.77. The second kappa shape index (κ2) is 9.23. The van der Waals surface area contributed by atoms with Crippen molar-refractivity contribution in [2.75, 3.05) is 42.7 Å². The van der Waals surface area contributed by atoms with Crippen LogP contribution in [0.15, 0.2) is 60.7 Å². The van der Waals surface area contributed by atoms with Crippen molar-refractivity contribution in [3.05, 3.63) is 60.7 Å². The monoisotopic (exact) mass is 548 g/mol. The van der Waals surface area contributed by atoms with E-state index in [1.807, 2.05) is 42.5 Å². The minimum atomic E-state index is 0.617. The Hall–Kier alpha value is -5.11. The quantitative estimate of drug-likeness (QED) is 0.204. The van der Waals surface area contributed by atoms with Crippen molar-refractivity contribution in [2.24, 2.45) is 0 Å². The fourth-order valence-corrected chi connectivity index (χ4v) is 5.99. The van der Waals surface area contributed by atoms with Crippen LogP contribution in [0.5, 0.6) is 34.5 Å². The maximum atomic E-state index is 5.76. The highest BCUT2D eigenvalue weighted by molar-refractivity contribution is 6.27. The molecule has 41 heavy (non-hydrogen) atoms. The Kier molecular flexibility index (Phi) is 5.61. The van der Waals surface area contributed by atoms with Gasteiger partial charge in [0.05, 0.1) is 59.2 Å². The first-order chi connectivity index (χ1) is 20.0. The lowest BCUT2D eigenvalue weighted by molar-refractivity contribution is 0.355. The van der Waals surface area contributed by atoms with Crippen LogP contribution in [0.2, 0.25) is 0 Å². The first-order valence-corrected chi connectivity index (χ1v) is 13.1. The van der Waals surface area contributed by atoms with Crippen LogP contribution in [-0.4, -0.2) is 52.0 Å². The van der Waals surface area contributed by atoms with Crippen LogP contribution in [0.4, 0.5) is 0 Å². The molecule has 7 rings (SSSR count). The van der Waals surface area contributed by atoms with E-state index in [1.54, 1.807) is 42.7 Å². The van der Waals surface area contributed by atoms with Gasteiger partial charge in [0.25, 0.3) is 0 Å². The van der Waals surface area contributed by atoms with Gasteiger partial charge in [-0.15, -0.1) is 0 Å². The van der Waals surface area contributed by atoms with E-state index in [0.717, 1.165) is 71.4 Å². The number of ether oxygens (including phenoxy) is 6. The Morgan fingerprint density at radius 2 is 0.976 bits per heavy atom. The highest BCUT2D eigenvalue weighted by Gasteiger charge is 2.22. The van der Waals surface area contributed by atoms with Crippen LogP contribution in [-0.2, 0) is 0 Å². The van der Waals surface area contributed by atoms with Gasteiger partial charge in [0.2, 0.25) is 0 Å². The Labute approximate surface area is 235 Å². The third-order valence-corrected chi connectivity index (χ3v) is 7.93. The van der Waals surface area contributed by atoms with Crippen molar-refractivity contribution >= 4 is 59.9 Å². The summed E-state index contributed by atoms with van der Waals surface area (Å²) in [4.78, 5) is 5.33. The molecule has 0 aliphatic rings. The van der Waals surface area contributed by atoms with Crippen molar-refractivity contribution in [1.29, 1.82) is 0 Å². The van der Waals surface area contributed by atoms with Gasteiger partial charge in [-0.1, -0.05) is 0 Å². The van der Waals surface area contributed by atoms with Crippen LogP contribution in [0, 0.1) is 0 Å². The molecule has 0 saturated carbocycles. The SMILES string of the molecule is COc1ccc2c3ccc(OC)cc3c3c(nc4c5cc(OC)c(OC)cc5c5cc(OC)c(OC)cc5n43)c2c1. The number of fused-ring (bicyclic) bond motifs is 13. The lowest BCUT2D eigenvalue weighted by Crippen LogP contribution is -1.98. The molecular weight excluding hydrogens is 520 g/mol. The summed E-state index contributed by atoms with van der Waals surface area (Å²) >= 11 is 0. The molecule has 8 nitrogen and oxygen atoms in total. The van der Waals surface area contributed by atoms with E-state index in [4.69, 9.17) is 33.4 Å². The molecule has 0 bridgehead atoms. The van der Waals surface area contributed by atoms with Crippen LogP contribution < -0.4 is 28.4 Å². The molecule has 0 N–H and O–H groups in total. The van der Waals surface area contributed by atoms with Gasteiger partial charge < -0.3 is 28.4 Å². The van der Waals surface area contributed by atoms with Crippen molar-refractivity contribution in [3.63, 3.8) is 0 Å². The molecule has 0 aliphatic carbocycles. The molecule has 0 saturated heterocycles. The van der Waals surface area contributed by atoms with E-state index in [-0.39, 0.29) is 0 Å². The average molecular weight is 549 g/mol. The second-order valence-corrected chi connectivity index (χ2v) is 9.77. The third kappa shape index (κ3) is 3.43. The van der Waals surface area contributed by atoms with Crippen LogP contribution in [0.1, 0.15) is 0 Å². The van der Waals surface area contributed by atoms with Gasteiger partial charge in [-0.25, -0.2) is 4.98 Å². The summed E-state index contributed by atoms with van der Waals surface area (Å²) < 4.78 is 36.4. The molecule has 0 amide bonds. The normalized spacial score (nSPS) is 11.7. The minimum Gasteiger partial charge on any atom is -0.497 e. The van der Waals surface area contributed by atoms with Crippen molar-refractivity contribution in [3.8, 4) is 34.5 Å². The number of hydrogen-bond acceptors (Lipinski definition) is 7. The summed E-state index contributed by atoms with van der Waals surface area (Å²) in [5, 5.41) is 6.97. The zero-order chi connectivity index (χ0) is 28.4. The fourth-order valence-electron chi connectivity index (χ4n) is 5.99. The van der Waals surface area contributed by atoms with E-state index in [2.05, 4.69) is 22.6 Å². The van der Waals surface area contributed by atoms with E-state index in [0.29, 0.717) is 23.0 Å². The molecule has 0 unspecified atom stereocenters. The predicted octanol–water partition coefficient (Wildman–Crippen LogP) is 7.15. The Balaban J connectivity index is 1.84. The van der Waals surface area contributed by atoms with Crippen LogP contribution >= 0.6 is 0 Å². The third-order valence-electron chi connectivity index (χ3n) is 7.93. The van der Waals surface area contributed by atoms with E-state index in [9.17, 15) is 0 Å². The van der Waals surface area contributed by atoms with Crippen molar-refractivity contribution < 1.29 is 28.4 Å². The molecule has 0 spiro atoms. The van der Waals surface area contributed by atoms with Gasteiger partial charge in [0.15, 0.2) is 23.0 Å². The van der Waals surface area contributed by atoms with E-state index >= 15 is 0 Å². The van der Waals surface area contributed by atoms with Gasteiger partial charge in [-0.3, -0.25) is 4.40 Å². The number of imidazole rings is 1. The van der Waals surface area contributed by atoms with Gasteiger partial charge >= 0.3 is 0 Å². The van der Waals surface area contributed by atoms with Gasteiger partial charge in [0, 0.05) is 27.6 Å². The highest BCUT2D eigenvalue weighted by atomic mass is 16.5. The van der Waals surface area contributed by atoms with Crippen molar-refractivity contribution in [2.45, 2.75) is 0 Å². The molecule has 0 radical (unpaired) electrons. The standard InChI is InChI=1S/C33H28N2O6/c1-36-17-7-9-19-20-10-8-18(37-2)12-24(20)32-31(23(19)11-17)34-33-25-15-29(40-5)27(38-3)13-21(25)22-14-28(39-4)30(41-6)16-26(22)35(32)33/h7-16H,1-6H3. The Morgan fingerprint density at radius 1 is 0.463 bits per heavy atom. The Bertz CT molecular complexity index is 2180. The molecule has 0 fully saturated rings. The number of methoxy groups -OCH3 is 6. The van der Waals surface area contributed by atoms with E-state index in [1.165, 1.54) is 0 Å². The molecule has 2 heterocycles. The summed E-state index contributed by atoms with van der Waals surface area (Å²) in [5.41, 5.74) is 3.47. The fraction of sp³-hybridized carbons (Fsp3) is 0.182. The predicted molar refractivity (Wildman–Crippen MR) is 162 cm³/mol. The zero-order valence-corrected chi connectivity index (χ0v) is 23.6. The maximum absolute atomic E-state index is 5.76. The molecule has 206 valence electrons. The average Bonchev–Trinajstić information content (AvgIpc) is 3.44. The lowest BCUT2D eigenvalue weighted by atomic mass is 9.99. The van der Waals surface area contributed by atoms with E-state index < -0.39 is 0 Å². The van der Waals surface area contributed by atoms with Crippen LogP contribution in [0.3, 0.4) is 0 Å². The number of pyridine rings is 1. The molecule has 8 heteroatoms. The molecule has 5 aromatic carbocycles. The van der Waals surface area contributed by atoms with Gasteiger partial charge in [0.1, 0.15) is 17.1 Å². The summed E-state index contributed by atoms with van der Waals surface area (Å²) in [7, 11) is 9.91. The molecule has 0 aliphatic heterocycles. The topological polar surface area (TPSA) is 72.7 Å². The lowest BCUT2D eigenvalue weighted by Gasteiger charge is -2.16. The Morgan fingerprint density at radius 3 is 1.56 bits per heavy atom. The zero-order valence-electron chi connectivity index (χ0n) is 23.6. The minimum absolute atomic E-state index is 0.617. The highest BCUT2D eigenvalue weighted by Crippen LogP contribution is 2.45. The summed E-state index contributed by atoms with van der Waals surface area (Å²) in [6.45, 7) is 0. The maximum Gasteiger partial charge on any atom is 0.162 e. The molecule has 7 aromatic rings. The number of aromatic nitrogens is 2. The first kappa shape index (κ1) is 24.9. The smallest absolute Gasteiger partial charge is 0.162 e. The van der Waals surface area contributed by atoms with Gasteiger partial charge in [-0.05, 0) is 70.8 Å². The first-order valence-electron chi connectivity index (χ1n) is 13.1. The molecule has 2 aromatic heterocycles. The number of nitrogens with zero attached hydrogens (tertiary/aromatic N) is 2. The largest absolute Gasteiger partial charge is 0.497 e. The number of rotatable bonds is 6. The number of hydrogen-bond donors (Lipinski definition) is 0. The molecular formula is C33H28N2O6. The summed E-state index contributed by atoms with van der Waals surface area (Å²) in [6.07, 6.45) is 0. The van der Waals surface area contributed by atoms with Crippen molar-refractivity contribution in [1.82, 2.24) is 9.38 Å². The summed E-state index contributed by atoms with van der Waals surface area (Å²) in [6, 6.07) is 20.2. The summed E-state index contributed by atoms with van der Waals surface area (Å²) in [5.74, 6) is 4.01. The number of benzene rings is 5. The molecule has 0 atom stereocenters.